The molecule has 1 amide bonds. The van der Waals surface area contributed by atoms with Crippen LogP contribution in [0.5, 0.6) is 0 Å². The molecule has 0 bridgehead atoms. The number of rotatable bonds is 5. The van der Waals surface area contributed by atoms with Crippen LogP contribution in [0.2, 0.25) is 0 Å². The first-order valence-electron chi connectivity index (χ1n) is 5.74. The van der Waals surface area contributed by atoms with Gasteiger partial charge in [-0.2, -0.15) is 0 Å². The van der Waals surface area contributed by atoms with Gasteiger partial charge in [-0.1, -0.05) is 12.1 Å². The fourth-order valence-corrected chi connectivity index (χ4v) is 1.33. The largest absolute Gasteiger partial charge is 0.462 e. The Bertz CT molecular complexity index is 484. The Hall–Kier alpha value is -2.37. The van der Waals surface area contributed by atoms with Crippen LogP contribution in [0.1, 0.15) is 24.2 Å². The van der Waals surface area contributed by atoms with Gasteiger partial charge in [0.2, 0.25) is 0 Å². The van der Waals surface area contributed by atoms with E-state index in [0.717, 1.165) is 0 Å². The number of ether oxygens (including phenoxy) is 2. The molecule has 0 fully saturated rings. The van der Waals surface area contributed by atoms with Gasteiger partial charge in [-0.3, -0.25) is 9.59 Å². The van der Waals surface area contributed by atoms with Gasteiger partial charge in [-0.25, -0.2) is 4.79 Å². The molecule has 0 aliphatic carbocycles. The summed E-state index contributed by atoms with van der Waals surface area (Å²) in [5, 5.41) is 2.49. The first-order chi connectivity index (χ1) is 9.04. The van der Waals surface area contributed by atoms with Crippen LogP contribution in [-0.2, 0) is 19.1 Å². The Kier molecular flexibility index (Phi) is 5.53. The molecule has 102 valence electrons. The second kappa shape index (κ2) is 7.15. The summed E-state index contributed by atoms with van der Waals surface area (Å²) in [4.78, 5) is 33.7. The lowest BCUT2D eigenvalue weighted by atomic mass is 10.2. The first-order valence-corrected chi connectivity index (χ1v) is 5.74. The maximum atomic E-state index is 11.7. The van der Waals surface area contributed by atoms with Crippen molar-refractivity contribution < 1.29 is 23.9 Å². The van der Waals surface area contributed by atoms with E-state index in [4.69, 9.17) is 4.74 Å². The Balaban J connectivity index is 2.75. The number of para-hydroxylation sites is 1. The number of benzene rings is 1. The molecule has 0 saturated carbocycles. The zero-order chi connectivity index (χ0) is 14.3. The third-order valence-electron chi connectivity index (χ3n) is 2.10. The minimum Gasteiger partial charge on any atom is -0.462 e. The Morgan fingerprint density at radius 1 is 1.16 bits per heavy atom. The topological polar surface area (TPSA) is 81.7 Å². The molecule has 0 aliphatic rings. The summed E-state index contributed by atoms with van der Waals surface area (Å²) < 4.78 is 9.43. The van der Waals surface area contributed by atoms with Gasteiger partial charge in [0.05, 0.1) is 17.9 Å². The van der Waals surface area contributed by atoms with E-state index < -0.39 is 24.5 Å². The summed E-state index contributed by atoms with van der Waals surface area (Å²) in [6.45, 7) is 2.75. The molecule has 1 aromatic rings. The molecule has 1 rings (SSSR count). The molecule has 0 spiro atoms. The second-order valence-electron chi connectivity index (χ2n) is 3.59. The van der Waals surface area contributed by atoms with E-state index >= 15 is 0 Å². The quantitative estimate of drug-likeness (QED) is 0.813. The van der Waals surface area contributed by atoms with Crippen molar-refractivity contribution >= 4 is 23.5 Å². The molecule has 6 heteroatoms. The van der Waals surface area contributed by atoms with Gasteiger partial charge in [0.25, 0.3) is 5.91 Å². The van der Waals surface area contributed by atoms with E-state index in [-0.39, 0.29) is 12.2 Å². The van der Waals surface area contributed by atoms with Gasteiger partial charge in [-0.05, 0) is 19.1 Å². The Labute approximate surface area is 110 Å². The summed E-state index contributed by atoms with van der Waals surface area (Å²) in [5.41, 5.74) is 0.568. The van der Waals surface area contributed by atoms with Crippen LogP contribution >= 0.6 is 0 Å². The minimum absolute atomic E-state index is 0.245. The Morgan fingerprint density at radius 2 is 1.84 bits per heavy atom. The van der Waals surface area contributed by atoms with Crippen molar-refractivity contribution in [2.45, 2.75) is 13.8 Å². The summed E-state index contributed by atoms with van der Waals surface area (Å²) in [6.07, 6.45) is 0. The number of esters is 2. The normalized spacial score (nSPS) is 9.58. The molecule has 0 heterocycles. The molecule has 0 saturated heterocycles. The molecule has 6 nitrogen and oxygen atoms in total. The summed E-state index contributed by atoms with van der Waals surface area (Å²) in [7, 11) is 0. The summed E-state index contributed by atoms with van der Waals surface area (Å²) >= 11 is 0. The van der Waals surface area contributed by atoms with Gasteiger partial charge in [0.1, 0.15) is 0 Å². The molecule has 0 aromatic heterocycles. The van der Waals surface area contributed by atoms with Crippen molar-refractivity contribution in [1.82, 2.24) is 0 Å². The van der Waals surface area contributed by atoms with Gasteiger partial charge in [-0.15, -0.1) is 0 Å². The third kappa shape index (κ3) is 4.79. The zero-order valence-corrected chi connectivity index (χ0v) is 10.8. The maximum absolute atomic E-state index is 11.7. The Morgan fingerprint density at radius 3 is 2.47 bits per heavy atom. The second-order valence-corrected chi connectivity index (χ2v) is 3.59. The standard InChI is InChI=1S/C13H15NO5/c1-3-18-13(17)10-6-4-5-7-11(10)14-12(16)8-19-9(2)15/h4-7H,3,8H2,1-2H3,(H,14,16). The third-order valence-corrected chi connectivity index (χ3v) is 2.10. The molecule has 0 radical (unpaired) electrons. The zero-order valence-electron chi connectivity index (χ0n) is 10.8. The number of carbonyl (C=O) groups is 3. The lowest BCUT2D eigenvalue weighted by Crippen LogP contribution is -2.21. The predicted octanol–water partition coefficient (Wildman–Crippen LogP) is 1.36. The molecule has 1 aromatic carbocycles. The molecule has 19 heavy (non-hydrogen) atoms. The van der Waals surface area contributed by atoms with Crippen molar-refractivity contribution in [3.63, 3.8) is 0 Å². The predicted molar refractivity (Wildman–Crippen MR) is 67.7 cm³/mol. The van der Waals surface area contributed by atoms with E-state index in [1.165, 1.54) is 6.92 Å². The number of amides is 1. The monoisotopic (exact) mass is 265 g/mol. The highest BCUT2D eigenvalue weighted by molar-refractivity contribution is 6.01. The van der Waals surface area contributed by atoms with Crippen LogP contribution in [0, 0.1) is 0 Å². The molecule has 0 unspecified atom stereocenters. The SMILES string of the molecule is CCOC(=O)c1ccccc1NC(=O)COC(C)=O. The van der Waals surface area contributed by atoms with E-state index in [1.54, 1.807) is 31.2 Å². The lowest BCUT2D eigenvalue weighted by molar-refractivity contribution is -0.144. The number of hydrogen-bond acceptors (Lipinski definition) is 5. The van der Waals surface area contributed by atoms with Crippen LogP contribution in [-0.4, -0.2) is 31.1 Å². The van der Waals surface area contributed by atoms with E-state index in [9.17, 15) is 14.4 Å². The van der Waals surface area contributed by atoms with Crippen LogP contribution in [0.3, 0.4) is 0 Å². The average molecular weight is 265 g/mol. The highest BCUT2D eigenvalue weighted by atomic mass is 16.5. The molecular formula is C13H15NO5. The van der Waals surface area contributed by atoms with Gasteiger partial charge in [0.15, 0.2) is 6.61 Å². The van der Waals surface area contributed by atoms with Crippen LogP contribution in [0.15, 0.2) is 24.3 Å². The summed E-state index contributed by atoms with van der Waals surface area (Å²) in [5.74, 6) is -1.59. The van der Waals surface area contributed by atoms with E-state index in [2.05, 4.69) is 10.1 Å². The minimum atomic E-state index is -0.547. The number of carbonyl (C=O) groups excluding carboxylic acids is 3. The smallest absolute Gasteiger partial charge is 0.340 e. The van der Waals surface area contributed by atoms with Crippen LogP contribution in [0.25, 0.3) is 0 Å². The fourth-order valence-electron chi connectivity index (χ4n) is 1.33. The van der Waals surface area contributed by atoms with Crippen LogP contribution < -0.4 is 5.32 Å². The van der Waals surface area contributed by atoms with Gasteiger partial charge < -0.3 is 14.8 Å². The first kappa shape index (κ1) is 14.7. The van der Waals surface area contributed by atoms with Crippen LogP contribution in [0.4, 0.5) is 5.69 Å². The fraction of sp³-hybridized carbons (Fsp3) is 0.308. The van der Waals surface area contributed by atoms with Crippen molar-refractivity contribution in [2.75, 3.05) is 18.5 Å². The van der Waals surface area contributed by atoms with Gasteiger partial charge >= 0.3 is 11.9 Å². The van der Waals surface area contributed by atoms with Crippen molar-refractivity contribution in [2.24, 2.45) is 0 Å². The van der Waals surface area contributed by atoms with Crippen molar-refractivity contribution in [1.29, 1.82) is 0 Å². The highest BCUT2D eigenvalue weighted by Gasteiger charge is 2.14. The van der Waals surface area contributed by atoms with Crippen molar-refractivity contribution in [3.05, 3.63) is 29.8 Å². The number of hydrogen-bond donors (Lipinski definition) is 1. The number of anilines is 1. The average Bonchev–Trinajstić information content (AvgIpc) is 2.37. The van der Waals surface area contributed by atoms with E-state index in [1.807, 2.05) is 0 Å². The lowest BCUT2D eigenvalue weighted by Gasteiger charge is -2.10. The van der Waals surface area contributed by atoms with E-state index in [0.29, 0.717) is 5.69 Å². The summed E-state index contributed by atoms with van der Waals surface area (Å²) in [6, 6.07) is 6.44. The van der Waals surface area contributed by atoms with Crippen molar-refractivity contribution in [3.8, 4) is 0 Å². The van der Waals surface area contributed by atoms with Gasteiger partial charge in [0, 0.05) is 6.92 Å². The molecule has 0 aliphatic heterocycles. The molecule has 0 atom stereocenters. The molecular weight excluding hydrogens is 250 g/mol. The maximum Gasteiger partial charge on any atom is 0.340 e. The number of nitrogens with one attached hydrogen (secondary N) is 1. The highest BCUT2D eigenvalue weighted by Crippen LogP contribution is 2.16. The molecule has 1 N–H and O–H groups in total.